The molecule has 11 heteroatoms. The summed E-state index contributed by atoms with van der Waals surface area (Å²) in [4.78, 5) is 12.2. The second-order valence-corrected chi connectivity index (χ2v) is 8.35. The van der Waals surface area contributed by atoms with Crippen LogP contribution in [0, 0.1) is 6.92 Å². The Balaban J connectivity index is 1.79. The van der Waals surface area contributed by atoms with Gasteiger partial charge in [-0.15, -0.1) is 10.2 Å². The van der Waals surface area contributed by atoms with Gasteiger partial charge in [-0.25, -0.2) is 8.42 Å². The van der Waals surface area contributed by atoms with E-state index in [1.807, 2.05) is 0 Å². The largest absolute Gasteiger partial charge is 0.486 e. The fraction of sp³-hybridized carbons (Fsp3) is 0.316. The van der Waals surface area contributed by atoms with Gasteiger partial charge in [0.1, 0.15) is 30.5 Å². The Morgan fingerprint density at radius 2 is 1.93 bits per heavy atom. The molecule has 3 aromatic rings. The Hall–Kier alpha value is -3.34. The van der Waals surface area contributed by atoms with Crippen LogP contribution in [0.2, 0.25) is 0 Å². The molecule has 0 saturated carbocycles. The van der Waals surface area contributed by atoms with E-state index < -0.39 is 22.5 Å². The fourth-order valence-electron chi connectivity index (χ4n) is 3.09. The van der Waals surface area contributed by atoms with Gasteiger partial charge < -0.3 is 14.2 Å². The van der Waals surface area contributed by atoms with Crippen molar-refractivity contribution in [2.24, 2.45) is 0 Å². The summed E-state index contributed by atoms with van der Waals surface area (Å²) >= 11 is 0. The maximum atomic E-state index is 13.5. The molecule has 158 valence electrons. The van der Waals surface area contributed by atoms with Crippen molar-refractivity contribution in [3.63, 3.8) is 0 Å². The zero-order chi connectivity index (χ0) is 21.3. The van der Waals surface area contributed by atoms with E-state index in [2.05, 4.69) is 10.2 Å². The number of hydrogen-bond acceptors (Lipinski definition) is 8. The van der Waals surface area contributed by atoms with Crippen molar-refractivity contribution < 1.29 is 27.4 Å². The van der Waals surface area contributed by atoms with E-state index >= 15 is 0 Å². The van der Waals surface area contributed by atoms with Gasteiger partial charge in [0.25, 0.3) is 10.0 Å². The highest BCUT2D eigenvalue weighted by atomic mass is 32.2. The van der Waals surface area contributed by atoms with Crippen LogP contribution < -0.4 is 13.8 Å². The van der Waals surface area contributed by atoms with E-state index in [0.29, 0.717) is 36.2 Å². The number of hydrogen-bond donors (Lipinski definition) is 0. The van der Waals surface area contributed by atoms with Gasteiger partial charge in [0, 0.05) is 12.3 Å². The number of carbonyl (C=O) groups excluding carboxylic acids is 1. The topological polar surface area (TPSA) is 112 Å². The zero-order valence-corrected chi connectivity index (χ0v) is 17.3. The van der Waals surface area contributed by atoms with Crippen molar-refractivity contribution in [3.8, 4) is 11.5 Å². The number of rotatable bonds is 6. The van der Waals surface area contributed by atoms with Gasteiger partial charge in [0.2, 0.25) is 0 Å². The van der Waals surface area contributed by atoms with Crippen LogP contribution in [0.15, 0.2) is 41.4 Å². The van der Waals surface area contributed by atoms with Gasteiger partial charge in [0.05, 0.1) is 12.3 Å². The quantitative estimate of drug-likeness (QED) is 0.540. The molecule has 3 heterocycles. The highest BCUT2D eigenvalue weighted by Gasteiger charge is 2.29. The minimum Gasteiger partial charge on any atom is -0.486 e. The average molecular weight is 432 g/mol. The number of sulfonamides is 1. The number of ether oxygens (including phenoxy) is 3. The van der Waals surface area contributed by atoms with Crippen LogP contribution in [0.1, 0.15) is 12.7 Å². The summed E-state index contributed by atoms with van der Waals surface area (Å²) in [5.41, 5.74) is 0.774. The van der Waals surface area contributed by atoms with Gasteiger partial charge >= 0.3 is 5.97 Å². The predicted molar refractivity (Wildman–Crippen MR) is 106 cm³/mol. The van der Waals surface area contributed by atoms with E-state index in [4.69, 9.17) is 14.2 Å². The molecule has 0 fully saturated rings. The number of aromatic nitrogens is 3. The monoisotopic (exact) mass is 432 g/mol. The molecule has 2 aromatic heterocycles. The Kier molecular flexibility index (Phi) is 5.20. The summed E-state index contributed by atoms with van der Waals surface area (Å²) < 4.78 is 45.6. The lowest BCUT2D eigenvalue weighted by Gasteiger charge is -2.26. The summed E-state index contributed by atoms with van der Waals surface area (Å²) in [7, 11) is -4.12. The van der Waals surface area contributed by atoms with Gasteiger partial charge in [-0.1, -0.05) is 0 Å². The van der Waals surface area contributed by atoms with Crippen LogP contribution in [0.4, 0.5) is 5.69 Å². The second kappa shape index (κ2) is 7.82. The molecular weight excluding hydrogens is 412 g/mol. The van der Waals surface area contributed by atoms with E-state index in [9.17, 15) is 13.2 Å². The van der Waals surface area contributed by atoms with Crippen molar-refractivity contribution in [1.29, 1.82) is 0 Å². The summed E-state index contributed by atoms with van der Waals surface area (Å²) in [5, 5.41) is 7.91. The molecule has 10 nitrogen and oxygen atoms in total. The van der Waals surface area contributed by atoms with Crippen molar-refractivity contribution in [2.45, 2.75) is 18.7 Å². The number of nitrogens with zero attached hydrogens (tertiary/aromatic N) is 4. The molecule has 0 bridgehead atoms. The summed E-state index contributed by atoms with van der Waals surface area (Å²) in [6, 6.07) is 7.69. The van der Waals surface area contributed by atoms with Crippen molar-refractivity contribution in [2.75, 3.05) is 30.7 Å². The Morgan fingerprint density at radius 3 is 2.70 bits per heavy atom. The number of anilines is 1. The predicted octanol–water partition coefficient (Wildman–Crippen LogP) is 1.57. The van der Waals surface area contributed by atoms with Crippen LogP contribution in [0.5, 0.6) is 11.5 Å². The number of benzene rings is 1. The molecule has 0 aliphatic carbocycles. The molecule has 0 N–H and O–H groups in total. The van der Waals surface area contributed by atoms with Crippen LogP contribution in [-0.2, 0) is 19.6 Å². The molecule has 30 heavy (non-hydrogen) atoms. The number of pyridine rings is 1. The van der Waals surface area contributed by atoms with Crippen molar-refractivity contribution in [1.82, 2.24) is 14.6 Å². The third-order valence-electron chi connectivity index (χ3n) is 4.53. The average Bonchev–Trinajstić information content (AvgIpc) is 3.12. The molecule has 1 aliphatic heterocycles. The Labute approximate surface area is 173 Å². The fourth-order valence-corrected chi connectivity index (χ4v) is 4.49. The van der Waals surface area contributed by atoms with Crippen molar-refractivity contribution in [3.05, 3.63) is 42.4 Å². The molecule has 0 atom stereocenters. The van der Waals surface area contributed by atoms with E-state index in [1.54, 1.807) is 36.4 Å². The third kappa shape index (κ3) is 3.63. The van der Waals surface area contributed by atoms with Crippen LogP contribution in [0.25, 0.3) is 5.65 Å². The number of esters is 1. The first-order valence-electron chi connectivity index (χ1n) is 9.29. The minimum absolute atomic E-state index is 0.0166. The van der Waals surface area contributed by atoms with Gasteiger partial charge in [-0.2, -0.15) is 0 Å². The number of aryl methyl sites for hydroxylation is 1. The van der Waals surface area contributed by atoms with E-state index in [-0.39, 0.29) is 17.2 Å². The van der Waals surface area contributed by atoms with Crippen LogP contribution >= 0.6 is 0 Å². The SMILES string of the molecule is CCOC(=O)CN(c1ccc2c(c1)OCCO2)S(=O)(=O)c1ccc2nnc(C)n2c1. The van der Waals surface area contributed by atoms with E-state index in [1.165, 1.54) is 18.3 Å². The first-order valence-corrected chi connectivity index (χ1v) is 10.7. The molecule has 4 rings (SSSR count). The maximum Gasteiger partial charge on any atom is 0.326 e. The third-order valence-corrected chi connectivity index (χ3v) is 6.28. The molecule has 0 radical (unpaired) electrons. The highest BCUT2D eigenvalue weighted by Crippen LogP contribution is 2.35. The van der Waals surface area contributed by atoms with Gasteiger partial charge in [-0.05, 0) is 38.1 Å². The molecule has 0 saturated heterocycles. The first kappa shape index (κ1) is 20.0. The Morgan fingerprint density at radius 1 is 1.17 bits per heavy atom. The first-order chi connectivity index (χ1) is 14.4. The number of fused-ring (bicyclic) bond motifs is 2. The smallest absolute Gasteiger partial charge is 0.326 e. The summed E-state index contributed by atoms with van der Waals surface area (Å²) in [5.74, 6) is 0.795. The highest BCUT2D eigenvalue weighted by molar-refractivity contribution is 7.92. The molecular formula is C19H20N4O6S. The molecule has 1 aromatic carbocycles. The van der Waals surface area contributed by atoms with Gasteiger partial charge in [-0.3, -0.25) is 13.5 Å². The zero-order valence-electron chi connectivity index (χ0n) is 16.4. The maximum absolute atomic E-state index is 13.5. The Bertz CT molecular complexity index is 1210. The lowest BCUT2D eigenvalue weighted by molar-refractivity contribution is -0.141. The van der Waals surface area contributed by atoms with Gasteiger partial charge in [0.15, 0.2) is 17.1 Å². The molecule has 1 aliphatic rings. The van der Waals surface area contributed by atoms with Crippen molar-refractivity contribution >= 4 is 27.3 Å². The minimum atomic E-state index is -4.12. The van der Waals surface area contributed by atoms with Crippen LogP contribution in [-0.4, -0.2) is 55.4 Å². The lowest BCUT2D eigenvalue weighted by atomic mass is 10.2. The molecule has 0 amide bonds. The summed E-state index contributed by atoms with van der Waals surface area (Å²) in [6.07, 6.45) is 1.43. The molecule has 0 unspecified atom stereocenters. The molecule has 0 spiro atoms. The lowest BCUT2D eigenvalue weighted by Crippen LogP contribution is -2.36. The number of carbonyl (C=O) groups is 1. The standard InChI is InChI=1S/C19H20N4O6S/c1-3-27-19(24)12-23(14-4-6-16-17(10-14)29-9-8-28-16)30(25,26)15-5-7-18-21-20-13(2)22(18)11-15/h4-7,10-11H,3,8-9,12H2,1-2H3. The van der Waals surface area contributed by atoms with Crippen LogP contribution in [0.3, 0.4) is 0 Å². The van der Waals surface area contributed by atoms with E-state index in [0.717, 1.165) is 4.31 Å². The summed E-state index contributed by atoms with van der Waals surface area (Å²) in [6.45, 7) is 3.78. The normalized spacial score (nSPS) is 13.3. The second-order valence-electron chi connectivity index (χ2n) is 6.48.